The van der Waals surface area contributed by atoms with Crippen molar-refractivity contribution >= 4 is 24.2 Å². The van der Waals surface area contributed by atoms with Crippen molar-refractivity contribution in [2.45, 2.75) is 11.8 Å². The zero-order chi connectivity index (χ0) is 12.3. The van der Waals surface area contributed by atoms with E-state index in [0.29, 0.717) is 5.56 Å². The molecule has 2 rings (SSSR count). The van der Waals surface area contributed by atoms with E-state index < -0.39 is 0 Å². The fourth-order valence-electron chi connectivity index (χ4n) is 1.49. The molecule has 0 saturated carbocycles. The van der Waals surface area contributed by atoms with Gasteiger partial charge in [0.1, 0.15) is 0 Å². The van der Waals surface area contributed by atoms with E-state index in [1.807, 2.05) is 43.3 Å². The zero-order valence-corrected chi connectivity index (χ0v) is 10.4. The van der Waals surface area contributed by atoms with Gasteiger partial charge in [-0.3, -0.25) is 4.79 Å². The van der Waals surface area contributed by atoms with E-state index in [1.54, 1.807) is 12.1 Å². The van der Waals surface area contributed by atoms with Crippen LogP contribution in [-0.4, -0.2) is 5.91 Å². The lowest BCUT2D eigenvalue weighted by Gasteiger charge is -2.05. The first-order valence-electron chi connectivity index (χ1n) is 5.32. The number of carbonyl (C=O) groups is 1. The summed E-state index contributed by atoms with van der Waals surface area (Å²) in [5.74, 6) is -0.121. The number of amides is 1. The predicted octanol–water partition coefficient (Wildman–Crippen LogP) is 3.54. The fourth-order valence-corrected chi connectivity index (χ4v) is 1.71. The quantitative estimate of drug-likeness (QED) is 0.776. The van der Waals surface area contributed by atoms with Crippen molar-refractivity contribution in [2.24, 2.45) is 0 Å². The number of hydrogen-bond donors (Lipinski definition) is 2. The molecule has 17 heavy (non-hydrogen) atoms. The molecule has 0 heterocycles. The Bertz CT molecular complexity index is 534. The van der Waals surface area contributed by atoms with Crippen molar-refractivity contribution < 1.29 is 4.79 Å². The lowest BCUT2D eigenvalue weighted by molar-refractivity contribution is 0.102. The van der Waals surface area contributed by atoms with Gasteiger partial charge in [0.15, 0.2) is 0 Å². The minimum absolute atomic E-state index is 0.121. The van der Waals surface area contributed by atoms with Crippen LogP contribution in [0.25, 0.3) is 0 Å². The van der Waals surface area contributed by atoms with Crippen molar-refractivity contribution in [3.8, 4) is 0 Å². The summed E-state index contributed by atoms with van der Waals surface area (Å²) in [6.07, 6.45) is 0. The Hall–Kier alpha value is -1.74. The number of nitrogens with one attached hydrogen (secondary N) is 1. The molecular formula is C14H13NOS. The SMILES string of the molecule is Cc1ccc(NC(=O)c2cccc(S)c2)cc1. The molecule has 0 atom stereocenters. The molecule has 0 bridgehead atoms. The molecular weight excluding hydrogens is 230 g/mol. The first kappa shape index (κ1) is 11.7. The first-order valence-corrected chi connectivity index (χ1v) is 5.77. The van der Waals surface area contributed by atoms with Crippen molar-refractivity contribution in [1.82, 2.24) is 0 Å². The topological polar surface area (TPSA) is 29.1 Å². The highest BCUT2D eigenvalue weighted by Crippen LogP contribution is 2.13. The summed E-state index contributed by atoms with van der Waals surface area (Å²) >= 11 is 4.21. The van der Waals surface area contributed by atoms with Crippen LogP contribution in [0.1, 0.15) is 15.9 Å². The summed E-state index contributed by atoms with van der Waals surface area (Å²) < 4.78 is 0. The van der Waals surface area contributed by atoms with Crippen molar-refractivity contribution in [3.05, 3.63) is 59.7 Å². The van der Waals surface area contributed by atoms with Crippen LogP contribution in [0.15, 0.2) is 53.4 Å². The molecule has 3 heteroatoms. The summed E-state index contributed by atoms with van der Waals surface area (Å²) in [7, 11) is 0. The van der Waals surface area contributed by atoms with Crippen LogP contribution in [0.3, 0.4) is 0 Å². The Kier molecular flexibility index (Phi) is 3.49. The molecule has 2 nitrogen and oxygen atoms in total. The van der Waals surface area contributed by atoms with E-state index in [0.717, 1.165) is 10.6 Å². The fraction of sp³-hybridized carbons (Fsp3) is 0.0714. The van der Waals surface area contributed by atoms with Gasteiger partial charge >= 0.3 is 0 Å². The normalized spacial score (nSPS) is 10.0. The Morgan fingerprint density at radius 1 is 1.12 bits per heavy atom. The average Bonchev–Trinajstić information content (AvgIpc) is 2.32. The highest BCUT2D eigenvalue weighted by atomic mass is 32.1. The third kappa shape index (κ3) is 3.11. The van der Waals surface area contributed by atoms with Crippen molar-refractivity contribution in [2.75, 3.05) is 5.32 Å². The summed E-state index contributed by atoms with van der Waals surface area (Å²) in [6.45, 7) is 2.01. The summed E-state index contributed by atoms with van der Waals surface area (Å²) in [5, 5.41) is 2.84. The average molecular weight is 243 g/mol. The monoisotopic (exact) mass is 243 g/mol. The third-order valence-corrected chi connectivity index (χ3v) is 2.70. The number of aryl methyl sites for hydroxylation is 1. The highest BCUT2D eigenvalue weighted by Gasteiger charge is 2.05. The van der Waals surface area contributed by atoms with Gasteiger partial charge in [-0.15, -0.1) is 12.6 Å². The standard InChI is InChI=1S/C14H13NOS/c1-10-5-7-12(8-6-10)15-14(16)11-3-2-4-13(17)9-11/h2-9,17H,1H3,(H,15,16). The van der Waals surface area contributed by atoms with Crippen LogP contribution in [0.2, 0.25) is 0 Å². The first-order chi connectivity index (χ1) is 8.15. The Balaban J connectivity index is 2.14. The zero-order valence-electron chi connectivity index (χ0n) is 9.47. The van der Waals surface area contributed by atoms with E-state index in [9.17, 15) is 4.79 Å². The van der Waals surface area contributed by atoms with Gasteiger partial charge in [0.2, 0.25) is 0 Å². The number of hydrogen-bond acceptors (Lipinski definition) is 2. The van der Waals surface area contributed by atoms with Gasteiger partial charge in [0.25, 0.3) is 5.91 Å². The second kappa shape index (κ2) is 5.06. The van der Waals surface area contributed by atoms with Gasteiger partial charge in [-0.25, -0.2) is 0 Å². The molecule has 0 fully saturated rings. The Morgan fingerprint density at radius 2 is 1.82 bits per heavy atom. The number of rotatable bonds is 2. The van der Waals surface area contributed by atoms with Gasteiger partial charge < -0.3 is 5.32 Å². The Morgan fingerprint density at radius 3 is 2.47 bits per heavy atom. The number of benzene rings is 2. The smallest absolute Gasteiger partial charge is 0.255 e. The maximum Gasteiger partial charge on any atom is 0.255 e. The summed E-state index contributed by atoms with van der Waals surface area (Å²) in [5.41, 5.74) is 2.57. The Labute approximate surface area is 106 Å². The largest absolute Gasteiger partial charge is 0.322 e. The molecule has 1 amide bonds. The van der Waals surface area contributed by atoms with Gasteiger partial charge in [-0.1, -0.05) is 23.8 Å². The van der Waals surface area contributed by atoms with Crippen molar-refractivity contribution in [3.63, 3.8) is 0 Å². The third-order valence-electron chi connectivity index (χ3n) is 2.42. The van der Waals surface area contributed by atoms with Gasteiger partial charge in [0, 0.05) is 16.1 Å². The number of carbonyl (C=O) groups excluding carboxylic acids is 1. The van der Waals surface area contributed by atoms with E-state index in [1.165, 1.54) is 5.56 Å². The summed E-state index contributed by atoms with van der Waals surface area (Å²) in [4.78, 5) is 12.7. The lowest BCUT2D eigenvalue weighted by atomic mass is 10.2. The maximum atomic E-state index is 11.9. The number of thiol groups is 1. The van der Waals surface area contributed by atoms with Crippen LogP contribution in [0.4, 0.5) is 5.69 Å². The van der Waals surface area contributed by atoms with Crippen LogP contribution in [0, 0.1) is 6.92 Å². The number of anilines is 1. The molecule has 1 N–H and O–H groups in total. The van der Waals surface area contributed by atoms with Gasteiger partial charge in [-0.2, -0.15) is 0 Å². The minimum Gasteiger partial charge on any atom is -0.322 e. The highest BCUT2D eigenvalue weighted by molar-refractivity contribution is 7.80. The van der Waals surface area contributed by atoms with Gasteiger partial charge in [-0.05, 0) is 37.3 Å². The van der Waals surface area contributed by atoms with Crippen LogP contribution in [0.5, 0.6) is 0 Å². The summed E-state index contributed by atoms with van der Waals surface area (Å²) in [6, 6.07) is 14.9. The molecule has 0 radical (unpaired) electrons. The van der Waals surface area contributed by atoms with Gasteiger partial charge in [0.05, 0.1) is 0 Å². The second-order valence-electron chi connectivity index (χ2n) is 3.87. The molecule has 0 unspecified atom stereocenters. The molecule has 0 spiro atoms. The van der Waals surface area contributed by atoms with E-state index in [2.05, 4.69) is 17.9 Å². The molecule has 0 saturated heterocycles. The molecule has 2 aromatic rings. The van der Waals surface area contributed by atoms with E-state index >= 15 is 0 Å². The van der Waals surface area contributed by atoms with E-state index in [4.69, 9.17) is 0 Å². The molecule has 86 valence electrons. The van der Waals surface area contributed by atoms with Crippen LogP contribution in [-0.2, 0) is 0 Å². The van der Waals surface area contributed by atoms with Crippen LogP contribution < -0.4 is 5.32 Å². The van der Waals surface area contributed by atoms with Crippen LogP contribution >= 0.6 is 12.6 Å². The predicted molar refractivity (Wildman–Crippen MR) is 72.8 cm³/mol. The molecule has 0 aliphatic rings. The molecule has 0 aromatic heterocycles. The van der Waals surface area contributed by atoms with E-state index in [-0.39, 0.29) is 5.91 Å². The second-order valence-corrected chi connectivity index (χ2v) is 4.39. The molecule has 0 aliphatic heterocycles. The molecule has 0 aliphatic carbocycles. The minimum atomic E-state index is -0.121. The van der Waals surface area contributed by atoms with Crippen molar-refractivity contribution in [1.29, 1.82) is 0 Å². The molecule has 2 aromatic carbocycles. The maximum absolute atomic E-state index is 11.9. The lowest BCUT2D eigenvalue weighted by Crippen LogP contribution is -2.11.